The van der Waals surface area contributed by atoms with E-state index in [1.165, 1.54) is 49.9 Å². The van der Waals surface area contributed by atoms with Crippen molar-refractivity contribution in [1.29, 1.82) is 0 Å². The van der Waals surface area contributed by atoms with Gasteiger partial charge in [-0.1, -0.05) is 27.2 Å². The zero-order valence-corrected chi connectivity index (χ0v) is 14.8. The van der Waals surface area contributed by atoms with Crippen molar-refractivity contribution in [1.82, 2.24) is 0 Å². The fraction of sp³-hybridized carbons (Fsp3) is 1.00. The minimum atomic E-state index is -1.27. The third kappa shape index (κ3) is 3.68. The van der Waals surface area contributed by atoms with Gasteiger partial charge in [-0.3, -0.25) is 0 Å². The van der Waals surface area contributed by atoms with Crippen LogP contribution in [0.25, 0.3) is 0 Å². The molecule has 0 radical (unpaired) electrons. The summed E-state index contributed by atoms with van der Waals surface area (Å²) >= 11 is 0. The minimum absolute atomic E-state index is 0.253. The molecule has 2 rings (SSSR count). The molecule has 3 atom stereocenters. The molecule has 0 aromatic heterocycles. The summed E-state index contributed by atoms with van der Waals surface area (Å²) in [7, 11) is -1.53. The third-order valence-electron chi connectivity index (χ3n) is 5.21. The van der Waals surface area contributed by atoms with E-state index < -0.39 is 8.32 Å². The molecule has 106 valence electrons. The van der Waals surface area contributed by atoms with Crippen LogP contribution in [0, 0.1) is 5.92 Å². The molecule has 0 aromatic rings. The van der Waals surface area contributed by atoms with Crippen LogP contribution in [0.5, 0.6) is 0 Å². The van der Waals surface area contributed by atoms with Gasteiger partial charge in [-0.2, -0.15) is 0 Å². The number of hydrogen-bond donors (Lipinski definition) is 0. The van der Waals surface area contributed by atoms with Crippen molar-refractivity contribution in [2.75, 3.05) is 0 Å². The number of rotatable bonds is 8. The first kappa shape index (κ1) is 14.8. The first-order chi connectivity index (χ1) is 8.73. The van der Waals surface area contributed by atoms with E-state index in [0.717, 1.165) is 5.92 Å². The van der Waals surface area contributed by atoms with Gasteiger partial charge >= 0.3 is 0 Å². The van der Waals surface area contributed by atoms with Gasteiger partial charge in [-0.05, 0) is 49.4 Å². The topological polar surface area (TPSA) is 21.8 Å². The number of hydrogen-bond acceptors (Lipinski definition) is 2. The Labute approximate surface area is 116 Å². The summed E-state index contributed by atoms with van der Waals surface area (Å²) in [6.45, 7) is 7.00. The van der Waals surface area contributed by atoms with Crippen LogP contribution in [0.15, 0.2) is 0 Å². The van der Waals surface area contributed by atoms with Crippen LogP contribution in [0.3, 0.4) is 0 Å². The number of epoxide rings is 1. The molecule has 1 heterocycles. The molecule has 18 heavy (non-hydrogen) atoms. The summed E-state index contributed by atoms with van der Waals surface area (Å²) in [5.74, 6) is 0.950. The van der Waals surface area contributed by atoms with Crippen LogP contribution < -0.4 is 0 Å². The second-order valence-electron chi connectivity index (χ2n) is 6.13. The highest BCUT2D eigenvalue weighted by Crippen LogP contribution is 2.41. The molecule has 0 N–H and O–H groups in total. The molecular formula is C14H30O2Si2. The molecule has 2 nitrogen and oxygen atoms in total. The molecule has 0 bridgehead atoms. The van der Waals surface area contributed by atoms with Crippen molar-refractivity contribution in [2.45, 2.75) is 82.8 Å². The van der Waals surface area contributed by atoms with E-state index >= 15 is 0 Å². The standard InChI is InChI=1S/C14H30O2Si2/c1-4-18(5-2,6-3)16-17-10-9-12-7-8-13-14(11-12)15-13/h12-14H,4-11,17H2,1-3H3. The summed E-state index contributed by atoms with van der Waals surface area (Å²) in [5.41, 5.74) is 0. The van der Waals surface area contributed by atoms with Crippen LogP contribution in [-0.4, -0.2) is 30.3 Å². The normalized spacial score (nSPS) is 31.8. The molecule has 4 heteroatoms. The maximum absolute atomic E-state index is 6.45. The quantitative estimate of drug-likeness (QED) is 0.387. The third-order valence-corrected chi connectivity index (χ3v) is 13.0. The van der Waals surface area contributed by atoms with Crippen molar-refractivity contribution in [2.24, 2.45) is 5.92 Å². The Morgan fingerprint density at radius 3 is 2.44 bits per heavy atom. The number of fused-ring (bicyclic) bond motifs is 1. The molecule has 1 aliphatic heterocycles. The van der Waals surface area contributed by atoms with Gasteiger partial charge in [0, 0.05) is 0 Å². The Bertz CT molecular complexity index is 248. The highest BCUT2D eigenvalue weighted by Gasteiger charge is 2.43. The van der Waals surface area contributed by atoms with Crippen molar-refractivity contribution in [3.05, 3.63) is 0 Å². The monoisotopic (exact) mass is 286 g/mol. The molecule has 0 aromatic carbocycles. The van der Waals surface area contributed by atoms with Crippen molar-refractivity contribution < 1.29 is 8.85 Å². The van der Waals surface area contributed by atoms with Gasteiger partial charge in [-0.15, -0.1) is 0 Å². The molecule has 2 aliphatic rings. The smallest absolute Gasteiger partial charge is 0.178 e. The Kier molecular flexibility index (Phi) is 5.48. The van der Waals surface area contributed by atoms with Crippen LogP contribution in [-0.2, 0) is 8.85 Å². The van der Waals surface area contributed by atoms with E-state index in [4.69, 9.17) is 8.85 Å². The summed E-state index contributed by atoms with van der Waals surface area (Å²) in [5, 5.41) is 0. The maximum atomic E-state index is 6.45. The molecule has 3 unspecified atom stereocenters. The molecule has 1 saturated carbocycles. The van der Waals surface area contributed by atoms with E-state index in [9.17, 15) is 0 Å². The average Bonchev–Trinajstić information content (AvgIpc) is 3.18. The van der Waals surface area contributed by atoms with Gasteiger partial charge in [0.25, 0.3) is 0 Å². The first-order valence-electron chi connectivity index (χ1n) is 8.02. The molecule has 1 saturated heterocycles. The van der Waals surface area contributed by atoms with Crippen molar-refractivity contribution >= 4 is 18.1 Å². The molecule has 0 amide bonds. The summed E-state index contributed by atoms with van der Waals surface area (Å²) in [6.07, 6.45) is 6.82. The highest BCUT2D eigenvalue weighted by atomic mass is 28.4. The first-order valence-corrected chi connectivity index (χ1v) is 12.1. The van der Waals surface area contributed by atoms with Crippen LogP contribution in [0.4, 0.5) is 0 Å². The summed E-state index contributed by atoms with van der Waals surface area (Å²) < 4.78 is 12.1. The molecule has 2 fully saturated rings. The van der Waals surface area contributed by atoms with Gasteiger partial charge in [0.2, 0.25) is 0 Å². The Hall–Kier alpha value is 0.354. The average molecular weight is 287 g/mol. The zero-order valence-electron chi connectivity index (χ0n) is 12.4. The minimum Gasteiger partial charge on any atom is -0.460 e. The van der Waals surface area contributed by atoms with Crippen LogP contribution >= 0.6 is 0 Å². The van der Waals surface area contributed by atoms with Crippen LogP contribution in [0.1, 0.15) is 46.5 Å². The van der Waals surface area contributed by atoms with Gasteiger partial charge in [-0.25, -0.2) is 0 Å². The molecule has 1 aliphatic carbocycles. The second-order valence-corrected chi connectivity index (χ2v) is 12.9. The predicted octanol–water partition coefficient (Wildman–Crippen LogP) is 3.47. The lowest BCUT2D eigenvalue weighted by atomic mass is 9.88. The number of ether oxygens (including phenoxy) is 1. The lowest BCUT2D eigenvalue weighted by Crippen LogP contribution is -2.37. The van der Waals surface area contributed by atoms with Crippen molar-refractivity contribution in [3.63, 3.8) is 0 Å². The van der Waals surface area contributed by atoms with Crippen LogP contribution in [0.2, 0.25) is 24.2 Å². The van der Waals surface area contributed by atoms with E-state index in [0.29, 0.717) is 12.2 Å². The Balaban J connectivity index is 1.60. The van der Waals surface area contributed by atoms with Gasteiger partial charge in [0.15, 0.2) is 8.32 Å². The van der Waals surface area contributed by atoms with Crippen molar-refractivity contribution in [3.8, 4) is 0 Å². The van der Waals surface area contributed by atoms with Gasteiger partial charge in [0.05, 0.1) is 12.2 Å². The maximum Gasteiger partial charge on any atom is 0.178 e. The lowest BCUT2D eigenvalue weighted by Gasteiger charge is -2.29. The van der Waals surface area contributed by atoms with Gasteiger partial charge < -0.3 is 8.85 Å². The highest BCUT2D eigenvalue weighted by molar-refractivity contribution is 6.77. The summed E-state index contributed by atoms with van der Waals surface area (Å²) in [6, 6.07) is 5.34. The fourth-order valence-corrected chi connectivity index (χ4v) is 10.5. The zero-order chi connectivity index (χ0) is 13.0. The molecule has 0 spiro atoms. The van der Waals surface area contributed by atoms with E-state index in [1.54, 1.807) is 0 Å². The van der Waals surface area contributed by atoms with E-state index in [1.807, 2.05) is 0 Å². The van der Waals surface area contributed by atoms with E-state index in [-0.39, 0.29) is 9.76 Å². The predicted molar refractivity (Wildman–Crippen MR) is 82.3 cm³/mol. The largest absolute Gasteiger partial charge is 0.460 e. The Morgan fingerprint density at radius 2 is 1.83 bits per heavy atom. The Morgan fingerprint density at radius 1 is 1.11 bits per heavy atom. The fourth-order valence-electron chi connectivity index (χ4n) is 3.47. The second kappa shape index (κ2) is 6.68. The van der Waals surface area contributed by atoms with E-state index in [2.05, 4.69) is 20.8 Å². The summed E-state index contributed by atoms with van der Waals surface area (Å²) in [4.78, 5) is 0. The SMILES string of the molecule is CC[Si](CC)(CC)O[SiH2]CCC1CCC2OC2C1. The van der Waals surface area contributed by atoms with Gasteiger partial charge in [0.1, 0.15) is 9.76 Å². The lowest BCUT2D eigenvalue weighted by molar-refractivity contribution is 0.356. The molecular weight excluding hydrogens is 256 g/mol.